The van der Waals surface area contributed by atoms with Crippen molar-refractivity contribution in [1.29, 1.82) is 0 Å². The monoisotopic (exact) mass is 380 g/mol. The Kier molecular flexibility index (Phi) is 5.21. The second-order valence-corrected chi connectivity index (χ2v) is 7.28. The Morgan fingerprint density at radius 2 is 1.93 bits per heavy atom. The van der Waals surface area contributed by atoms with Crippen LogP contribution in [0.25, 0.3) is 11.0 Å². The SMILES string of the molecule is O=C(NCc1ccc(Cl)cc1)C1CCCN(c2cnc3ccccc3n2)C1. The van der Waals surface area contributed by atoms with Gasteiger partial charge in [-0.05, 0) is 42.7 Å². The summed E-state index contributed by atoms with van der Waals surface area (Å²) in [5, 5.41) is 3.74. The van der Waals surface area contributed by atoms with Crippen molar-refractivity contribution in [3.63, 3.8) is 0 Å². The van der Waals surface area contributed by atoms with Crippen LogP contribution >= 0.6 is 11.6 Å². The van der Waals surface area contributed by atoms with Gasteiger partial charge in [-0.1, -0.05) is 35.9 Å². The third kappa shape index (κ3) is 4.19. The van der Waals surface area contributed by atoms with E-state index in [1.807, 2.05) is 48.5 Å². The maximum absolute atomic E-state index is 12.6. The molecule has 0 saturated carbocycles. The molecule has 0 spiro atoms. The normalized spacial score (nSPS) is 17.1. The van der Waals surface area contributed by atoms with E-state index in [2.05, 4.69) is 15.2 Å². The zero-order chi connectivity index (χ0) is 18.6. The van der Waals surface area contributed by atoms with Gasteiger partial charge < -0.3 is 10.2 Å². The maximum atomic E-state index is 12.6. The lowest BCUT2D eigenvalue weighted by Crippen LogP contribution is -2.43. The Balaban J connectivity index is 1.40. The van der Waals surface area contributed by atoms with Crippen LogP contribution in [0, 0.1) is 5.92 Å². The fourth-order valence-corrected chi connectivity index (χ4v) is 3.56. The van der Waals surface area contributed by atoms with Crippen molar-refractivity contribution >= 4 is 34.4 Å². The van der Waals surface area contributed by atoms with Gasteiger partial charge in [-0.2, -0.15) is 0 Å². The molecule has 1 aliphatic heterocycles. The van der Waals surface area contributed by atoms with E-state index in [0.29, 0.717) is 18.1 Å². The minimum atomic E-state index is -0.0423. The van der Waals surface area contributed by atoms with Gasteiger partial charge in [0.1, 0.15) is 5.82 Å². The highest BCUT2D eigenvalue weighted by Gasteiger charge is 2.26. The van der Waals surface area contributed by atoms with Gasteiger partial charge in [-0.3, -0.25) is 9.78 Å². The van der Waals surface area contributed by atoms with Crippen molar-refractivity contribution in [3.05, 3.63) is 65.3 Å². The molecule has 138 valence electrons. The van der Waals surface area contributed by atoms with E-state index < -0.39 is 0 Å². The second kappa shape index (κ2) is 7.92. The van der Waals surface area contributed by atoms with Gasteiger partial charge >= 0.3 is 0 Å². The number of hydrogen-bond donors (Lipinski definition) is 1. The molecule has 0 aliphatic carbocycles. The van der Waals surface area contributed by atoms with E-state index >= 15 is 0 Å². The van der Waals surface area contributed by atoms with Crippen molar-refractivity contribution < 1.29 is 4.79 Å². The first-order valence-electron chi connectivity index (χ1n) is 9.18. The van der Waals surface area contributed by atoms with Crippen LogP contribution in [0.4, 0.5) is 5.82 Å². The number of carbonyl (C=O) groups excluding carboxylic acids is 1. The number of rotatable bonds is 4. The summed E-state index contributed by atoms with van der Waals surface area (Å²) in [4.78, 5) is 24.0. The summed E-state index contributed by atoms with van der Waals surface area (Å²) in [5.41, 5.74) is 2.81. The van der Waals surface area contributed by atoms with E-state index in [-0.39, 0.29) is 11.8 Å². The highest BCUT2D eigenvalue weighted by molar-refractivity contribution is 6.30. The van der Waals surface area contributed by atoms with Gasteiger partial charge in [-0.15, -0.1) is 0 Å². The minimum absolute atomic E-state index is 0.0423. The molecule has 1 N–H and O–H groups in total. The number of benzene rings is 2. The quantitative estimate of drug-likeness (QED) is 0.747. The molecule has 4 rings (SSSR count). The molecule has 2 heterocycles. The van der Waals surface area contributed by atoms with Crippen LogP contribution in [0.3, 0.4) is 0 Å². The molecule has 1 amide bonds. The summed E-state index contributed by atoms with van der Waals surface area (Å²) in [6, 6.07) is 15.4. The third-order valence-corrected chi connectivity index (χ3v) is 5.18. The van der Waals surface area contributed by atoms with Crippen LogP contribution in [0.5, 0.6) is 0 Å². The van der Waals surface area contributed by atoms with Gasteiger partial charge in [0.15, 0.2) is 0 Å². The minimum Gasteiger partial charge on any atom is -0.355 e. The Morgan fingerprint density at radius 3 is 2.74 bits per heavy atom. The molecule has 3 aromatic rings. The van der Waals surface area contributed by atoms with Gasteiger partial charge in [0, 0.05) is 24.7 Å². The molecule has 5 nitrogen and oxygen atoms in total. The molecule has 0 bridgehead atoms. The van der Waals surface area contributed by atoms with Crippen molar-refractivity contribution in [1.82, 2.24) is 15.3 Å². The van der Waals surface area contributed by atoms with E-state index in [0.717, 1.165) is 41.8 Å². The van der Waals surface area contributed by atoms with Crippen molar-refractivity contribution in [2.45, 2.75) is 19.4 Å². The number of anilines is 1. The smallest absolute Gasteiger partial charge is 0.225 e. The summed E-state index contributed by atoms with van der Waals surface area (Å²) < 4.78 is 0. The van der Waals surface area contributed by atoms with Gasteiger partial charge in [0.2, 0.25) is 5.91 Å². The fourth-order valence-electron chi connectivity index (χ4n) is 3.43. The first-order chi connectivity index (χ1) is 13.2. The Labute approximate surface area is 163 Å². The van der Waals surface area contributed by atoms with Gasteiger partial charge in [0.25, 0.3) is 0 Å². The maximum Gasteiger partial charge on any atom is 0.225 e. The number of carbonyl (C=O) groups is 1. The van der Waals surface area contributed by atoms with Crippen LogP contribution in [-0.2, 0) is 11.3 Å². The molecule has 2 aromatic carbocycles. The van der Waals surface area contributed by atoms with Crippen LogP contribution < -0.4 is 10.2 Å². The Morgan fingerprint density at radius 1 is 1.15 bits per heavy atom. The van der Waals surface area contributed by atoms with Crippen LogP contribution in [0.2, 0.25) is 5.02 Å². The molecular weight excluding hydrogens is 360 g/mol. The molecule has 1 aliphatic rings. The lowest BCUT2D eigenvalue weighted by molar-refractivity contribution is -0.125. The molecule has 1 atom stereocenters. The van der Waals surface area contributed by atoms with Crippen molar-refractivity contribution in [2.75, 3.05) is 18.0 Å². The standard InChI is InChI=1S/C21H21ClN4O/c22-17-9-7-15(8-10-17)12-24-21(27)16-4-3-11-26(14-16)20-13-23-18-5-1-2-6-19(18)25-20/h1-2,5-10,13,16H,3-4,11-12,14H2,(H,24,27). The molecule has 1 unspecified atom stereocenters. The van der Waals surface area contributed by atoms with Crippen molar-refractivity contribution in [2.24, 2.45) is 5.92 Å². The molecule has 1 saturated heterocycles. The molecule has 1 aromatic heterocycles. The van der Waals surface area contributed by atoms with Crippen LogP contribution in [0.1, 0.15) is 18.4 Å². The Hall–Kier alpha value is -2.66. The molecule has 27 heavy (non-hydrogen) atoms. The molecule has 0 radical (unpaired) electrons. The number of nitrogens with zero attached hydrogens (tertiary/aromatic N) is 3. The van der Waals surface area contributed by atoms with Gasteiger partial charge in [-0.25, -0.2) is 4.98 Å². The third-order valence-electron chi connectivity index (χ3n) is 4.93. The number of amides is 1. The average molecular weight is 381 g/mol. The van der Waals surface area contributed by atoms with Crippen LogP contribution in [-0.4, -0.2) is 29.0 Å². The zero-order valence-electron chi connectivity index (χ0n) is 14.9. The molecule has 6 heteroatoms. The number of halogens is 1. The molecular formula is C21H21ClN4O. The summed E-state index contributed by atoms with van der Waals surface area (Å²) in [6.45, 7) is 2.08. The number of fused-ring (bicyclic) bond motifs is 1. The summed E-state index contributed by atoms with van der Waals surface area (Å²) in [6.07, 6.45) is 3.66. The number of hydrogen-bond acceptors (Lipinski definition) is 4. The lowest BCUT2D eigenvalue weighted by atomic mass is 9.97. The number of para-hydroxylation sites is 2. The predicted octanol–water partition coefficient (Wildman–Crippen LogP) is 3.82. The Bertz CT molecular complexity index is 944. The van der Waals surface area contributed by atoms with Gasteiger partial charge in [0.05, 0.1) is 23.1 Å². The highest BCUT2D eigenvalue weighted by atomic mass is 35.5. The van der Waals surface area contributed by atoms with E-state index in [1.54, 1.807) is 6.20 Å². The first-order valence-corrected chi connectivity index (χ1v) is 9.56. The largest absolute Gasteiger partial charge is 0.355 e. The predicted molar refractivity (Wildman–Crippen MR) is 108 cm³/mol. The van der Waals surface area contributed by atoms with Crippen molar-refractivity contribution in [3.8, 4) is 0 Å². The topological polar surface area (TPSA) is 58.1 Å². The average Bonchev–Trinajstić information content (AvgIpc) is 2.73. The number of piperidine rings is 1. The zero-order valence-corrected chi connectivity index (χ0v) is 15.7. The summed E-state index contributed by atoms with van der Waals surface area (Å²) in [5.74, 6) is 0.881. The number of aromatic nitrogens is 2. The molecule has 1 fully saturated rings. The highest BCUT2D eigenvalue weighted by Crippen LogP contribution is 2.23. The van der Waals surface area contributed by atoms with Crippen LogP contribution in [0.15, 0.2) is 54.7 Å². The van der Waals surface area contributed by atoms with E-state index in [1.165, 1.54) is 0 Å². The lowest BCUT2D eigenvalue weighted by Gasteiger charge is -2.32. The first kappa shape index (κ1) is 17.7. The van der Waals surface area contributed by atoms with E-state index in [9.17, 15) is 4.79 Å². The number of nitrogens with one attached hydrogen (secondary N) is 1. The second-order valence-electron chi connectivity index (χ2n) is 6.85. The summed E-state index contributed by atoms with van der Waals surface area (Å²) in [7, 11) is 0. The summed E-state index contributed by atoms with van der Waals surface area (Å²) >= 11 is 5.90. The van der Waals surface area contributed by atoms with E-state index in [4.69, 9.17) is 16.6 Å². The fraction of sp³-hybridized carbons (Fsp3) is 0.286.